The van der Waals surface area contributed by atoms with Gasteiger partial charge < -0.3 is 9.84 Å². The van der Waals surface area contributed by atoms with Gasteiger partial charge in [-0.2, -0.15) is 0 Å². The van der Waals surface area contributed by atoms with Crippen LogP contribution in [0.3, 0.4) is 0 Å². The van der Waals surface area contributed by atoms with E-state index in [9.17, 15) is 5.11 Å². The van der Waals surface area contributed by atoms with E-state index in [0.29, 0.717) is 5.75 Å². The van der Waals surface area contributed by atoms with Crippen LogP contribution < -0.4 is 0 Å². The number of hydrogen-bond acceptors (Lipinski definition) is 2. The first kappa shape index (κ1) is 9.53. The zero-order valence-electron chi connectivity index (χ0n) is 8.49. The largest absolute Gasteiger partial charge is 0.508 e. The highest BCUT2D eigenvalue weighted by atomic mass is 16.5. The predicted molar refractivity (Wildman–Crippen MR) is 55.5 cm³/mol. The van der Waals surface area contributed by atoms with E-state index < -0.39 is 0 Å². The van der Waals surface area contributed by atoms with Gasteiger partial charge in [0.1, 0.15) is 5.75 Å². The molecule has 14 heavy (non-hydrogen) atoms. The van der Waals surface area contributed by atoms with Crippen molar-refractivity contribution in [2.24, 2.45) is 0 Å². The zero-order valence-corrected chi connectivity index (χ0v) is 8.49. The highest BCUT2D eigenvalue weighted by Crippen LogP contribution is 2.51. The standard InChI is InChI=1S/C12H16O2/c1-2-14-9-12(7-8-12)10-5-3-4-6-11(10)13/h3-6,13H,2,7-9H2,1H3. The van der Waals surface area contributed by atoms with Gasteiger partial charge in [-0.05, 0) is 25.8 Å². The maximum Gasteiger partial charge on any atom is 0.119 e. The average molecular weight is 192 g/mol. The molecule has 0 spiro atoms. The Kier molecular flexibility index (Phi) is 2.46. The van der Waals surface area contributed by atoms with Crippen LogP contribution in [-0.2, 0) is 10.2 Å². The maximum atomic E-state index is 9.73. The number of para-hydroxylation sites is 1. The van der Waals surface area contributed by atoms with Crippen LogP contribution in [0.25, 0.3) is 0 Å². The quantitative estimate of drug-likeness (QED) is 0.794. The van der Waals surface area contributed by atoms with Crippen LogP contribution in [0.1, 0.15) is 25.3 Å². The molecule has 2 heteroatoms. The molecule has 2 rings (SSSR count). The molecule has 1 fully saturated rings. The molecule has 0 aromatic heterocycles. The Labute approximate surface area is 84.5 Å². The summed E-state index contributed by atoms with van der Waals surface area (Å²) in [5.41, 5.74) is 1.16. The Balaban J connectivity index is 2.18. The predicted octanol–water partition coefficient (Wildman–Crippen LogP) is 2.46. The molecule has 0 atom stereocenters. The second-order valence-corrected chi connectivity index (χ2v) is 3.93. The lowest BCUT2D eigenvalue weighted by Gasteiger charge is -2.16. The fraction of sp³-hybridized carbons (Fsp3) is 0.500. The molecule has 0 unspecified atom stereocenters. The van der Waals surface area contributed by atoms with Gasteiger partial charge in [-0.3, -0.25) is 0 Å². The molecule has 0 radical (unpaired) electrons. The van der Waals surface area contributed by atoms with Crippen LogP contribution >= 0.6 is 0 Å². The van der Waals surface area contributed by atoms with Crippen molar-refractivity contribution in [2.75, 3.05) is 13.2 Å². The fourth-order valence-corrected chi connectivity index (χ4v) is 1.86. The molecule has 0 amide bonds. The molecule has 0 saturated heterocycles. The molecule has 1 aliphatic rings. The van der Waals surface area contributed by atoms with Gasteiger partial charge in [0.05, 0.1) is 6.61 Å². The number of phenols is 1. The van der Waals surface area contributed by atoms with Crippen LogP contribution in [-0.4, -0.2) is 18.3 Å². The van der Waals surface area contributed by atoms with Gasteiger partial charge in [0.2, 0.25) is 0 Å². The van der Waals surface area contributed by atoms with Crippen LogP contribution in [0.2, 0.25) is 0 Å². The fourth-order valence-electron chi connectivity index (χ4n) is 1.86. The number of phenolic OH excluding ortho intramolecular Hbond substituents is 1. The molecule has 1 aromatic rings. The Morgan fingerprint density at radius 3 is 2.64 bits per heavy atom. The molecule has 1 N–H and O–H groups in total. The van der Waals surface area contributed by atoms with Gasteiger partial charge in [0.25, 0.3) is 0 Å². The monoisotopic (exact) mass is 192 g/mol. The summed E-state index contributed by atoms with van der Waals surface area (Å²) in [7, 11) is 0. The summed E-state index contributed by atoms with van der Waals surface area (Å²) in [6.07, 6.45) is 2.26. The van der Waals surface area contributed by atoms with Gasteiger partial charge in [0, 0.05) is 17.6 Å². The van der Waals surface area contributed by atoms with Crippen molar-refractivity contribution in [3.8, 4) is 5.75 Å². The van der Waals surface area contributed by atoms with Gasteiger partial charge in [-0.1, -0.05) is 18.2 Å². The minimum Gasteiger partial charge on any atom is -0.508 e. The molecule has 1 aliphatic carbocycles. The summed E-state index contributed by atoms with van der Waals surface area (Å²) >= 11 is 0. The summed E-state index contributed by atoms with van der Waals surface area (Å²) in [5, 5.41) is 9.73. The molecule has 1 aromatic carbocycles. The van der Waals surface area contributed by atoms with E-state index in [2.05, 4.69) is 0 Å². The maximum absolute atomic E-state index is 9.73. The molecule has 1 saturated carbocycles. The third-order valence-corrected chi connectivity index (χ3v) is 2.91. The smallest absolute Gasteiger partial charge is 0.119 e. The van der Waals surface area contributed by atoms with Gasteiger partial charge in [0.15, 0.2) is 0 Å². The van der Waals surface area contributed by atoms with E-state index in [1.807, 2.05) is 25.1 Å². The topological polar surface area (TPSA) is 29.5 Å². The summed E-state index contributed by atoms with van der Waals surface area (Å²) in [5.74, 6) is 0.407. The number of ether oxygens (including phenoxy) is 1. The van der Waals surface area contributed by atoms with Crippen molar-refractivity contribution in [1.82, 2.24) is 0 Å². The van der Waals surface area contributed by atoms with E-state index in [4.69, 9.17) is 4.74 Å². The van der Waals surface area contributed by atoms with Crippen LogP contribution in [0.15, 0.2) is 24.3 Å². The highest BCUT2D eigenvalue weighted by Gasteiger charge is 2.45. The number of hydrogen-bond donors (Lipinski definition) is 1. The summed E-state index contributed by atoms with van der Waals surface area (Å²) in [6.45, 7) is 3.48. The average Bonchev–Trinajstić information content (AvgIpc) is 2.97. The van der Waals surface area contributed by atoms with E-state index in [-0.39, 0.29) is 5.41 Å². The second kappa shape index (κ2) is 3.62. The Bertz CT molecular complexity index is 316. The number of aromatic hydroxyl groups is 1. The highest BCUT2D eigenvalue weighted by molar-refractivity contribution is 5.42. The van der Waals surface area contributed by atoms with Crippen LogP contribution in [0, 0.1) is 0 Å². The van der Waals surface area contributed by atoms with Crippen LogP contribution in [0.4, 0.5) is 0 Å². The van der Waals surface area contributed by atoms with Gasteiger partial charge >= 0.3 is 0 Å². The van der Waals surface area contributed by atoms with Crippen molar-refractivity contribution in [3.63, 3.8) is 0 Å². The second-order valence-electron chi connectivity index (χ2n) is 3.93. The zero-order chi connectivity index (χ0) is 10.0. The van der Waals surface area contributed by atoms with E-state index in [1.54, 1.807) is 6.07 Å². The number of benzene rings is 1. The SMILES string of the molecule is CCOCC1(c2ccccc2O)CC1. The molecule has 0 bridgehead atoms. The van der Waals surface area contributed by atoms with Gasteiger partial charge in [-0.25, -0.2) is 0 Å². The Morgan fingerprint density at radius 2 is 2.07 bits per heavy atom. The third kappa shape index (κ3) is 1.62. The Hall–Kier alpha value is -1.02. The Morgan fingerprint density at radius 1 is 1.36 bits per heavy atom. The van der Waals surface area contributed by atoms with Crippen molar-refractivity contribution in [3.05, 3.63) is 29.8 Å². The van der Waals surface area contributed by atoms with E-state index in [1.165, 1.54) is 0 Å². The molecular weight excluding hydrogens is 176 g/mol. The van der Waals surface area contributed by atoms with Crippen molar-refractivity contribution < 1.29 is 9.84 Å². The van der Waals surface area contributed by atoms with Gasteiger partial charge in [-0.15, -0.1) is 0 Å². The number of rotatable bonds is 4. The normalized spacial score (nSPS) is 18.1. The van der Waals surface area contributed by atoms with Crippen molar-refractivity contribution in [2.45, 2.75) is 25.2 Å². The molecular formula is C12H16O2. The summed E-state index contributed by atoms with van der Waals surface area (Å²) in [4.78, 5) is 0. The van der Waals surface area contributed by atoms with Crippen LogP contribution in [0.5, 0.6) is 5.75 Å². The van der Waals surface area contributed by atoms with E-state index in [0.717, 1.165) is 31.6 Å². The molecule has 0 heterocycles. The third-order valence-electron chi connectivity index (χ3n) is 2.91. The van der Waals surface area contributed by atoms with Crippen molar-refractivity contribution >= 4 is 0 Å². The molecule has 2 nitrogen and oxygen atoms in total. The first-order valence-corrected chi connectivity index (χ1v) is 5.15. The minimum absolute atomic E-state index is 0.112. The summed E-state index contributed by atoms with van der Waals surface area (Å²) < 4.78 is 5.46. The lowest BCUT2D eigenvalue weighted by molar-refractivity contribution is 0.124. The molecule has 0 aliphatic heterocycles. The lowest BCUT2D eigenvalue weighted by atomic mass is 9.96. The molecule has 76 valence electrons. The lowest BCUT2D eigenvalue weighted by Crippen LogP contribution is -2.15. The summed E-state index contributed by atoms with van der Waals surface area (Å²) in [6, 6.07) is 7.58. The minimum atomic E-state index is 0.112. The van der Waals surface area contributed by atoms with E-state index >= 15 is 0 Å². The first-order valence-electron chi connectivity index (χ1n) is 5.15. The van der Waals surface area contributed by atoms with Crippen molar-refractivity contribution in [1.29, 1.82) is 0 Å². The first-order chi connectivity index (χ1) is 6.78.